The summed E-state index contributed by atoms with van der Waals surface area (Å²) in [6, 6.07) is 14.6. The zero-order chi connectivity index (χ0) is 16.2. The summed E-state index contributed by atoms with van der Waals surface area (Å²) in [5, 5.41) is 17.8. The molecule has 116 valence electrons. The Morgan fingerprint density at radius 1 is 0.783 bits per heavy atom. The molecule has 3 aromatic rings. The number of para-hydroxylation sites is 4. The number of nitrogens with one attached hydrogen (secondary N) is 2. The molecule has 1 heterocycles. The molecule has 23 heavy (non-hydrogen) atoms. The van der Waals surface area contributed by atoms with Crippen LogP contribution < -0.4 is 22.1 Å². The largest absolute Gasteiger partial charge is 0.397 e. The van der Waals surface area contributed by atoms with Crippen LogP contribution >= 0.6 is 11.6 Å². The first-order valence-corrected chi connectivity index (χ1v) is 7.15. The van der Waals surface area contributed by atoms with Crippen LogP contribution in [0, 0.1) is 0 Å². The van der Waals surface area contributed by atoms with E-state index in [0.717, 1.165) is 0 Å². The maximum Gasteiger partial charge on any atom is 0.181 e. The second-order valence-corrected chi connectivity index (χ2v) is 5.09. The molecule has 3 rings (SSSR count). The molecule has 8 heteroatoms. The number of rotatable bonds is 4. The lowest BCUT2D eigenvalue weighted by Gasteiger charge is -2.14. The fraction of sp³-hybridized carbons (Fsp3) is 0. The molecule has 0 spiro atoms. The van der Waals surface area contributed by atoms with Crippen LogP contribution in [0.3, 0.4) is 0 Å². The summed E-state index contributed by atoms with van der Waals surface area (Å²) in [7, 11) is 0. The van der Waals surface area contributed by atoms with E-state index < -0.39 is 0 Å². The Morgan fingerprint density at radius 3 is 1.96 bits per heavy atom. The van der Waals surface area contributed by atoms with Gasteiger partial charge < -0.3 is 22.1 Å². The number of nitrogens with two attached hydrogens (primary N) is 2. The third-order valence-corrected chi connectivity index (χ3v) is 3.42. The van der Waals surface area contributed by atoms with Crippen molar-refractivity contribution in [2.24, 2.45) is 0 Å². The molecular weight excluding hydrogens is 314 g/mol. The second kappa shape index (κ2) is 6.37. The highest BCUT2D eigenvalue weighted by Gasteiger charge is 2.13. The highest BCUT2D eigenvalue weighted by Crippen LogP contribution is 2.33. The normalized spacial score (nSPS) is 10.3. The summed E-state index contributed by atoms with van der Waals surface area (Å²) >= 11 is 6.15. The zero-order valence-electron chi connectivity index (χ0n) is 12.0. The number of anilines is 6. The predicted octanol–water partition coefficient (Wildman–Crippen LogP) is 3.18. The lowest BCUT2D eigenvalue weighted by molar-refractivity contribution is 0.874. The van der Waals surface area contributed by atoms with Crippen molar-refractivity contribution in [3.63, 3.8) is 0 Å². The van der Waals surface area contributed by atoms with Gasteiger partial charge in [-0.2, -0.15) is 0 Å². The average molecular weight is 328 g/mol. The van der Waals surface area contributed by atoms with E-state index in [1.807, 2.05) is 36.4 Å². The van der Waals surface area contributed by atoms with E-state index in [2.05, 4.69) is 26.0 Å². The van der Waals surface area contributed by atoms with E-state index in [1.54, 1.807) is 12.1 Å². The Balaban J connectivity index is 1.97. The number of halogens is 1. The number of nitrogens with zero attached hydrogens (tertiary/aromatic N) is 3. The predicted molar refractivity (Wildman–Crippen MR) is 93.1 cm³/mol. The molecule has 0 unspecified atom stereocenters. The Morgan fingerprint density at radius 2 is 1.35 bits per heavy atom. The quantitative estimate of drug-likeness (QED) is 0.544. The first-order chi connectivity index (χ1) is 11.1. The van der Waals surface area contributed by atoms with Gasteiger partial charge in [-0.25, -0.2) is 0 Å². The molecule has 0 fully saturated rings. The van der Waals surface area contributed by atoms with Crippen molar-refractivity contribution >= 4 is 45.9 Å². The van der Waals surface area contributed by atoms with Gasteiger partial charge in [-0.3, -0.25) is 0 Å². The SMILES string of the molecule is Nc1ccccc1Nc1nnnc(Cl)c1Nc1ccccc1N. The van der Waals surface area contributed by atoms with Gasteiger partial charge in [0.15, 0.2) is 11.0 Å². The monoisotopic (exact) mass is 327 g/mol. The topological polar surface area (TPSA) is 115 Å². The van der Waals surface area contributed by atoms with Crippen molar-refractivity contribution < 1.29 is 0 Å². The van der Waals surface area contributed by atoms with E-state index in [0.29, 0.717) is 34.3 Å². The van der Waals surface area contributed by atoms with E-state index in [9.17, 15) is 0 Å². The van der Waals surface area contributed by atoms with E-state index >= 15 is 0 Å². The molecule has 0 aliphatic rings. The lowest BCUT2D eigenvalue weighted by atomic mass is 10.2. The van der Waals surface area contributed by atoms with Crippen molar-refractivity contribution in [1.29, 1.82) is 0 Å². The van der Waals surface area contributed by atoms with Crippen LogP contribution in [0.1, 0.15) is 0 Å². The number of hydrogen-bond donors (Lipinski definition) is 4. The number of benzene rings is 2. The Hall–Kier alpha value is -3.06. The Kier molecular flexibility index (Phi) is 4.11. The van der Waals surface area contributed by atoms with Gasteiger partial charge in [-0.05, 0) is 29.5 Å². The summed E-state index contributed by atoms with van der Waals surface area (Å²) in [5.74, 6) is 0.395. The molecule has 0 saturated heterocycles. The Labute approximate surface area is 137 Å². The van der Waals surface area contributed by atoms with Gasteiger partial charge >= 0.3 is 0 Å². The van der Waals surface area contributed by atoms with Crippen LogP contribution in [0.15, 0.2) is 48.5 Å². The van der Waals surface area contributed by atoms with Gasteiger partial charge in [-0.15, -0.1) is 10.2 Å². The molecule has 7 nitrogen and oxygen atoms in total. The molecule has 0 bridgehead atoms. The maximum absolute atomic E-state index is 6.15. The van der Waals surface area contributed by atoms with Gasteiger partial charge in [0.2, 0.25) is 0 Å². The van der Waals surface area contributed by atoms with Crippen LogP contribution in [-0.4, -0.2) is 15.4 Å². The van der Waals surface area contributed by atoms with Crippen LogP contribution in [0.4, 0.5) is 34.3 Å². The van der Waals surface area contributed by atoms with Crippen molar-refractivity contribution in [2.75, 3.05) is 22.1 Å². The van der Waals surface area contributed by atoms with E-state index in [4.69, 9.17) is 23.1 Å². The zero-order valence-corrected chi connectivity index (χ0v) is 12.7. The van der Waals surface area contributed by atoms with Crippen LogP contribution in [-0.2, 0) is 0 Å². The van der Waals surface area contributed by atoms with E-state index in [-0.39, 0.29) is 5.15 Å². The summed E-state index contributed by atoms with van der Waals surface area (Å²) in [5.41, 5.74) is 14.9. The molecule has 0 radical (unpaired) electrons. The summed E-state index contributed by atoms with van der Waals surface area (Å²) in [6.07, 6.45) is 0. The first kappa shape index (κ1) is 14.9. The highest BCUT2D eigenvalue weighted by molar-refractivity contribution is 6.32. The molecule has 1 aromatic heterocycles. The van der Waals surface area contributed by atoms with Crippen molar-refractivity contribution in [1.82, 2.24) is 15.4 Å². The van der Waals surface area contributed by atoms with Crippen molar-refractivity contribution in [2.45, 2.75) is 0 Å². The molecule has 0 atom stereocenters. The summed E-state index contributed by atoms with van der Waals surface area (Å²) in [6.45, 7) is 0. The fourth-order valence-electron chi connectivity index (χ4n) is 1.99. The molecule has 0 aliphatic heterocycles. The van der Waals surface area contributed by atoms with Gasteiger partial charge in [0.25, 0.3) is 0 Å². The maximum atomic E-state index is 6.15. The number of aromatic nitrogens is 3. The average Bonchev–Trinajstić information content (AvgIpc) is 2.54. The molecule has 0 aliphatic carbocycles. The van der Waals surface area contributed by atoms with Gasteiger partial charge in [-0.1, -0.05) is 35.9 Å². The molecule has 0 saturated carbocycles. The van der Waals surface area contributed by atoms with Gasteiger partial charge in [0, 0.05) is 0 Å². The minimum absolute atomic E-state index is 0.167. The highest BCUT2D eigenvalue weighted by atomic mass is 35.5. The number of nitrogen functional groups attached to an aromatic ring is 2. The van der Waals surface area contributed by atoms with Gasteiger partial charge in [0.1, 0.15) is 5.69 Å². The van der Waals surface area contributed by atoms with Gasteiger partial charge in [0.05, 0.1) is 22.7 Å². The minimum atomic E-state index is 0.167. The lowest BCUT2D eigenvalue weighted by Crippen LogP contribution is -2.06. The fourth-order valence-corrected chi connectivity index (χ4v) is 2.16. The Bertz CT molecular complexity index is 838. The molecule has 0 amide bonds. The second-order valence-electron chi connectivity index (χ2n) is 4.73. The first-order valence-electron chi connectivity index (χ1n) is 6.77. The summed E-state index contributed by atoms with van der Waals surface area (Å²) < 4.78 is 0. The standard InChI is InChI=1S/C15H14ClN7/c16-14-13(19-11-7-3-1-5-9(11)17)15(22-23-21-14)20-12-8-4-2-6-10(12)18/h1-8H,17-18H2,(H,19,23)(H,20,21,22). The molecular formula is C15H14ClN7. The minimum Gasteiger partial charge on any atom is -0.397 e. The van der Waals surface area contributed by atoms with Crippen LogP contribution in [0.2, 0.25) is 5.15 Å². The van der Waals surface area contributed by atoms with Crippen molar-refractivity contribution in [3.8, 4) is 0 Å². The summed E-state index contributed by atoms with van der Waals surface area (Å²) in [4.78, 5) is 0. The third-order valence-electron chi connectivity index (χ3n) is 3.15. The molecule has 2 aromatic carbocycles. The smallest absolute Gasteiger partial charge is 0.181 e. The van der Waals surface area contributed by atoms with Crippen LogP contribution in [0.25, 0.3) is 0 Å². The molecule has 6 N–H and O–H groups in total. The third kappa shape index (κ3) is 3.24. The van der Waals surface area contributed by atoms with Crippen molar-refractivity contribution in [3.05, 3.63) is 53.7 Å². The number of hydrogen-bond acceptors (Lipinski definition) is 7. The van der Waals surface area contributed by atoms with Crippen LogP contribution in [0.5, 0.6) is 0 Å². The van der Waals surface area contributed by atoms with E-state index in [1.165, 1.54) is 0 Å².